The van der Waals surface area contributed by atoms with Gasteiger partial charge in [0, 0.05) is 17.1 Å². The minimum Gasteiger partial charge on any atom is -0.495 e. The summed E-state index contributed by atoms with van der Waals surface area (Å²) in [5.41, 5.74) is 1.46. The van der Waals surface area contributed by atoms with Gasteiger partial charge in [0.2, 0.25) is 0 Å². The SMILES string of the molecule is COc1cc(NCC(O)c2ccc(F)cc2)c(Br)cc1Br. The van der Waals surface area contributed by atoms with Crippen molar-refractivity contribution in [3.05, 3.63) is 56.7 Å². The average Bonchev–Trinajstić information content (AvgIpc) is 2.47. The van der Waals surface area contributed by atoms with Gasteiger partial charge >= 0.3 is 0 Å². The molecule has 0 bridgehead atoms. The largest absolute Gasteiger partial charge is 0.495 e. The first-order valence-corrected chi connectivity index (χ1v) is 7.80. The first-order chi connectivity index (χ1) is 10.0. The van der Waals surface area contributed by atoms with Crippen LogP contribution in [0.2, 0.25) is 0 Å². The van der Waals surface area contributed by atoms with E-state index in [1.165, 1.54) is 12.1 Å². The van der Waals surface area contributed by atoms with E-state index in [-0.39, 0.29) is 5.82 Å². The second-order valence-corrected chi connectivity index (χ2v) is 6.12. The van der Waals surface area contributed by atoms with E-state index in [1.807, 2.05) is 12.1 Å². The number of ether oxygens (including phenoxy) is 1. The van der Waals surface area contributed by atoms with Gasteiger partial charge in [-0.1, -0.05) is 12.1 Å². The van der Waals surface area contributed by atoms with Gasteiger partial charge < -0.3 is 15.2 Å². The fraction of sp³-hybridized carbons (Fsp3) is 0.200. The van der Waals surface area contributed by atoms with Crippen LogP contribution in [0.1, 0.15) is 11.7 Å². The van der Waals surface area contributed by atoms with Gasteiger partial charge in [-0.25, -0.2) is 4.39 Å². The van der Waals surface area contributed by atoms with E-state index in [4.69, 9.17) is 4.74 Å². The highest BCUT2D eigenvalue weighted by molar-refractivity contribution is 9.11. The van der Waals surface area contributed by atoms with Crippen LogP contribution in [0.15, 0.2) is 45.3 Å². The summed E-state index contributed by atoms with van der Waals surface area (Å²) in [6, 6.07) is 9.49. The maximum Gasteiger partial charge on any atom is 0.135 e. The Morgan fingerprint density at radius 2 is 1.86 bits per heavy atom. The monoisotopic (exact) mass is 417 g/mol. The van der Waals surface area contributed by atoms with E-state index in [0.29, 0.717) is 17.9 Å². The van der Waals surface area contributed by atoms with Gasteiger partial charge in [-0.2, -0.15) is 0 Å². The molecule has 0 fully saturated rings. The van der Waals surface area contributed by atoms with Gasteiger partial charge in [-0.3, -0.25) is 0 Å². The molecule has 0 radical (unpaired) electrons. The molecule has 0 aliphatic rings. The van der Waals surface area contributed by atoms with Crippen LogP contribution >= 0.6 is 31.9 Å². The molecule has 3 nitrogen and oxygen atoms in total. The van der Waals surface area contributed by atoms with Crippen molar-refractivity contribution in [2.24, 2.45) is 0 Å². The van der Waals surface area contributed by atoms with Crippen molar-refractivity contribution in [1.82, 2.24) is 0 Å². The second kappa shape index (κ2) is 7.24. The number of rotatable bonds is 5. The lowest BCUT2D eigenvalue weighted by Gasteiger charge is -2.15. The van der Waals surface area contributed by atoms with E-state index in [9.17, 15) is 9.50 Å². The number of anilines is 1. The van der Waals surface area contributed by atoms with Gasteiger partial charge in [0.25, 0.3) is 0 Å². The zero-order valence-corrected chi connectivity index (χ0v) is 14.4. The summed E-state index contributed by atoms with van der Waals surface area (Å²) in [6.45, 7) is 0.301. The third kappa shape index (κ3) is 4.18. The first kappa shape index (κ1) is 16.3. The lowest BCUT2D eigenvalue weighted by Crippen LogP contribution is -2.12. The van der Waals surface area contributed by atoms with Crippen LogP contribution in [0, 0.1) is 5.82 Å². The van der Waals surface area contributed by atoms with E-state index < -0.39 is 6.10 Å². The molecule has 21 heavy (non-hydrogen) atoms. The topological polar surface area (TPSA) is 41.5 Å². The molecule has 2 rings (SSSR count). The third-order valence-electron chi connectivity index (χ3n) is 2.98. The molecule has 0 saturated carbocycles. The summed E-state index contributed by atoms with van der Waals surface area (Å²) < 4.78 is 19.8. The highest BCUT2D eigenvalue weighted by atomic mass is 79.9. The third-order valence-corrected chi connectivity index (χ3v) is 4.26. The summed E-state index contributed by atoms with van der Waals surface area (Å²) in [5, 5.41) is 13.2. The molecule has 0 heterocycles. The molecule has 2 N–H and O–H groups in total. The van der Waals surface area contributed by atoms with Gasteiger partial charge in [0.1, 0.15) is 11.6 Å². The molecule has 1 atom stereocenters. The summed E-state index contributed by atoms with van der Waals surface area (Å²) in [5.74, 6) is 0.372. The predicted octanol–water partition coefficient (Wildman–Crippen LogP) is 4.50. The number of hydrogen-bond acceptors (Lipinski definition) is 3. The lowest BCUT2D eigenvalue weighted by atomic mass is 10.1. The van der Waals surface area contributed by atoms with Gasteiger partial charge in [0.15, 0.2) is 0 Å². The molecule has 1 unspecified atom stereocenters. The molecule has 0 aliphatic carbocycles. The molecule has 6 heteroatoms. The zero-order chi connectivity index (χ0) is 15.4. The number of methoxy groups -OCH3 is 1. The number of nitrogens with one attached hydrogen (secondary N) is 1. The molecule has 0 spiro atoms. The molecule has 0 aromatic heterocycles. The number of benzene rings is 2. The summed E-state index contributed by atoms with van der Waals surface area (Å²) in [7, 11) is 1.59. The maximum absolute atomic E-state index is 12.9. The van der Waals surface area contributed by atoms with Crippen molar-refractivity contribution in [3.8, 4) is 5.75 Å². The average molecular weight is 419 g/mol. The fourth-order valence-electron chi connectivity index (χ4n) is 1.83. The highest BCUT2D eigenvalue weighted by Crippen LogP contribution is 2.34. The smallest absolute Gasteiger partial charge is 0.135 e. The Hall–Kier alpha value is -1.11. The van der Waals surface area contributed by atoms with Crippen LogP contribution in [0.3, 0.4) is 0 Å². The Balaban J connectivity index is 2.07. The molecular formula is C15H14Br2FNO2. The Morgan fingerprint density at radius 1 is 1.19 bits per heavy atom. The highest BCUT2D eigenvalue weighted by Gasteiger charge is 2.11. The first-order valence-electron chi connectivity index (χ1n) is 6.21. The van der Waals surface area contributed by atoms with Gasteiger partial charge in [-0.15, -0.1) is 0 Å². The Labute approximate surface area is 139 Å². The summed E-state index contributed by atoms with van der Waals surface area (Å²) in [6.07, 6.45) is -0.729. The molecule has 112 valence electrons. The van der Waals surface area contributed by atoms with E-state index in [0.717, 1.165) is 14.6 Å². The molecule has 0 amide bonds. The van der Waals surface area contributed by atoms with Crippen LogP contribution in [0.5, 0.6) is 5.75 Å². The minimum absolute atomic E-state index is 0.301. The van der Waals surface area contributed by atoms with Crippen molar-refractivity contribution < 1.29 is 14.2 Å². The maximum atomic E-state index is 12.9. The molecular weight excluding hydrogens is 405 g/mol. The van der Waals surface area contributed by atoms with Crippen LogP contribution in [-0.2, 0) is 0 Å². The summed E-state index contributed by atoms with van der Waals surface area (Å²) in [4.78, 5) is 0. The number of hydrogen-bond donors (Lipinski definition) is 2. The standard InChI is InChI=1S/C15H14Br2FNO2/c1-21-15-7-13(11(16)6-12(15)17)19-8-14(20)9-2-4-10(18)5-3-9/h2-7,14,19-20H,8H2,1H3. The van der Waals surface area contributed by atoms with Crippen LogP contribution in [0.25, 0.3) is 0 Å². The van der Waals surface area contributed by atoms with E-state index in [1.54, 1.807) is 19.2 Å². The van der Waals surface area contributed by atoms with Gasteiger partial charge in [0.05, 0.1) is 23.4 Å². The normalized spacial score (nSPS) is 12.0. The number of halogens is 3. The molecule has 0 saturated heterocycles. The predicted molar refractivity (Wildman–Crippen MR) is 88.2 cm³/mol. The van der Waals surface area contributed by atoms with Crippen LogP contribution in [0.4, 0.5) is 10.1 Å². The van der Waals surface area contributed by atoms with Crippen LogP contribution in [-0.4, -0.2) is 18.8 Å². The van der Waals surface area contributed by atoms with Crippen molar-refractivity contribution in [2.75, 3.05) is 19.0 Å². The number of aliphatic hydroxyl groups is 1. The molecule has 0 aliphatic heterocycles. The van der Waals surface area contributed by atoms with E-state index >= 15 is 0 Å². The van der Waals surface area contributed by atoms with Crippen molar-refractivity contribution in [2.45, 2.75) is 6.10 Å². The molecule has 2 aromatic carbocycles. The van der Waals surface area contributed by atoms with Gasteiger partial charge in [-0.05, 0) is 55.6 Å². The fourth-order valence-corrected chi connectivity index (χ4v) is 3.13. The van der Waals surface area contributed by atoms with Crippen molar-refractivity contribution in [3.63, 3.8) is 0 Å². The van der Waals surface area contributed by atoms with Crippen molar-refractivity contribution in [1.29, 1.82) is 0 Å². The number of aliphatic hydroxyl groups excluding tert-OH is 1. The van der Waals surface area contributed by atoms with E-state index in [2.05, 4.69) is 37.2 Å². The Morgan fingerprint density at radius 3 is 2.48 bits per heavy atom. The van der Waals surface area contributed by atoms with Crippen LogP contribution < -0.4 is 10.1 Å². The lowest BCUT2D eigenvalue weighted by molar-refractivity contribution is 0.191. The summed E-state index contributed by atoms with van der Waals surface area (Å²) >= 11 is 6.84. The minimum atomic E-state index is -0.729. The second-order valence-electron chi connectivity index (χ2n) is 4.41. The Kier molecular flexibility index (Phi) is 5.61. The Bertz CT molecular complexity index is 620. The van der Waals surface area contributed by atoms with Crippen molar-refractivity contribution >= 4 is 37.5 Å². The zero-order valence-electron chi connectivity index (χ0n) is 11.2. The quantitative estimate of drug-likeness (QED) is 0.750. The molecule has 2 aromatic rings.